The van der Waals surface area contributed by atoms with E-state index in [-0.39, 0.29) is 35.5 Å². The van der Waals surface area contributed by atoms with Crippen molar-refractivity contribution in [3.05, 3.63) is 66.5 Å². The molecule has 2 aromatic carbocycles. The van der Waals surface area contributed by atoms with E-state index in [4.69, 9.17) is 4.98 Å². The molecule has 0 amide bonds. The summed E-state index contributed by atoms with van der Waals surface area (Å²) >= 11 is 0. The van der Waals surface area contributed by atoms with E-state index in [2.05, 4.69) is 53.6 Å². The van der Waals surface area contributed by atoms with Gasteiger partial charge in [-0.2, -0.15) is 0 Å². The summed E-state index contributed by atoms with van der Waals surface area (Å²) in [6.45, 7) is 4.45. The Morgan fingerprint density at radius 3 is 2.69 bits per heavy atom. The molecule has 5 rings (SSSR count). The monoisotopic (exact) mass is 369 g/mol. The van der Waals surface area contributed by atoms with Crippen LogP contribution < -0.4 is 12.4 Å². The number of hydrogen-bond donors (Lipinski definition) is 0. The summed E-state index contributed by atoms with van der Waals surface area (Å²) in [6, 6.07) is 18.2. The number of benzene rings is 2. The number of hydrogen-bond acceptors (Lipinski definition) is 2. The van der Waals surface area contributed by atoms with E-state index in [1.165, 1.54) is 16.3 Å². The fourth-order valence-electron chi connectivity index (χ4n) is 3.51. The van der Waals surface area contributed by atoms with Crippen LogP contribution in [0.15, 0.2) is 54.9 Å². The first-order chi connectivity index (χ1) is 11.7. The average molecular weight is 370 g/mol. The quantitative estimate of drug-likeness (QED) is 0.256. The molecule has 5 heteroatoms. The maximum atomic E-state index is 4.84. The Labute approximate surface area is 174 Å². The first-order valence-electron chi connectivity index (χ1n) is 8.22. The van der Waals surface area contributed by atoms with Crippen LogP contribution in [0, 0.1) is 6.07 Å². The summed E-state index contributed by atoms with van der Waals surface area (Å²) in [5, 5.41) is 3.50. The summed E-state index contributed by atoms with van der Waals surface area (Å²) in [4.78, 5) is 9.14. The molecule has 0 N–H and O–H groups in total. The minimum Gasteiger partial charge on any atom is -1.00 e. The number of halogens is 1. The van der Waals surface area contributed by atoms with Crippen molar-refractivity contribution in [3.63, 3.8) is 0 Å². The van der Waals surface area contributed by atoms with E-state index in [0.717, 1.165) is 27.6 Å². The molecule has 0 spiro atoms. The molecule has 5 aromatic rings. The van der Waals surface area contributed by atoms with Gasteiger partial charge in [0.1, 0.15) is 0 Å². The van der Waals surface area contributed by atoms with Crippen LogP contribution in [0.4, 0.5) is 0 Å². The standard InChI is InChI=1S/C21H16N3.ClH.Mg/c1-13(2)14-7-8-19-17(11-14)15-5-3-4-6-16(15)21-23-18-9-10-22-12-20(18)24(19)21;;/h3-5,7-13H,1-2H3;1H;/q-1;;+2/p-1. The first kappa shape index (κ1) is 18.9. The van der Waals surface area contributed by atoms with Crippen LogP contribution in [-0.4, -0.2) is 37.4 Å². The topological polar surface area (TPSA) is 30.2 Å². The van der Waals surface area contributed by atoms with Crippen molar-refractivity contribution in [1.29, 1.82) is 0 Å². The molecule has 0 saturated carbocycles. The van der Waals surface area contributed by atoms with Crippen molar-refractivity contribution < 1.29 is 12.4 Å². The molecular weight excluding hydrogens is 354 g/mol. The van der Waals surface area contributed by atoms with Crippen molar-refractivity contribution in [3.8, 4) is 0 Å². The number of imidazole rings is 1. The van der Waals surface area contributed by atoms with E-state index < -0.39 is 0 Å². The van der Waals surface area contributed by atoms with Gasteiger partial charge in [0.15, 0.2) is 0 Å². The molecule has 0 unspecified atom stereocenters. The van der Waals surface area contributed by atoms with E-state index in [1.807, 2.05) is 24.4 Å². The van der Waals surface area contributed by atoms with Crippen molar-refractivity contribution in [2.45, 2.75) is 19.8 Å². The van der Waals surface area contributed by atoms with Gasteiger partial charge in [0.05, 0.1) is 22.9 Å². The molecule has 0 aliphatic carbocycles. The van der Waals surface area contributed by atoms with Crippen LogP contribution in [0.2, 0.25) is 0 Å². The van der Waals surface area contributed by atoms with Gasteiger partial charge in [-0.1, -0.05) is 31.4 Å². The van der Waals surface area contributed by atoms with Crippen LogP contribution in [0.25, 0.3) is 38.4 Å². The van der Waals surface area contributed by atoms with Gasteiger partial charge in [-0.15, -0.1) is 29.7 Å². The average Bonchev–Trinajstić information content (AvgIpc) is 3.01. The van der Waals surface area contributed by atoms with Crippen LogP contribution in [-0.2, 0) is 0 Å². The maximum absolute atomic E-state index is 4.84. The molecule has 0 bridgehead atoms. The van der Waals surface area contributed by atoms with Crippen molar-refractivity contribution in [2.75, 3.05) is 0 Å². The Kier molecular flexibility index (Phi) is 5.11. The molecule has 0 fully saturated rings. The fourth-order valence-corrected chi connectivity index (χ4v) is 3.51. The largest absolute Gasteiger partial charge is 2.00 e. The smallest absolute Gasteiger partial charge is 1.00 e. The molecule has 0 saturated heterocycles. The van der Waals surface area contributed by atoms with Crippen molar-refractivity contribution in [2.24, 2.45) is 0 Å². The third-order valence-corrected chi connectivity index (χ3v) is 4.75. The van der Waals surface area contributed by atoms with Gasteiger partial charge in [0, 0.05) is 11.7 Å². The summed E-state index contributed by atoms with van der Waals surface area (Å²) in [5.74, 6) is 0.494. The summed E-state index contributed by atoms with van der Waals surface area (Å²) < 4.78 is 2.21. The molecule has 0 aliphatic rings. The number of aromatic nitrogens is 3. The SMILES string of the molecule is CC(C)c1ccc2c(c1)c1ccc[c-]c1c1nc3ccncc3n21.[Cl-].[Mg+2]. The van der Waals surface area contributed by atoms with Crippen molar-refractivity contribution in [1.82, 2.24) is 14.4 Å². The molecule has 26 heavy (non-hydrogen) atoms. The van der Waals surface area contributed by atoms with Crippen LogP contribution >= 0.6 is 0 Å². The van der Waals surface area contributed by atoms with Gasteiger partial charge in [0.25, 0.3) is 0 Å². The minimum absolute atomic E-state index is 0. The Morgan fingerprint density at radius 1 is 1.04 bits per heavy atom. The molecule has 0 radical (unpaired) electrons. The number of nitrogens with zero attached hydrogens (tertiary/aromatic N) is 3. The fraction of sp³-hybridized carbons (Fsp3) is 0.143. The predicted octanol–water partition coefficient (Wildman–Crippen LogP) is 1.74. The number of pyridine rings is 2. The minimum atomic E-state index is 0. The van der Waals surface area contributed by atoms with E-state index in [0.29, 0.717) is 5.92 Å². The predicted molar refractivity (Wildman–Crippen MR) is 104 cm³/mol. The zero-order chi connectivity index (χ0) is 16.3. The second-order valence-corrected chi connectivity index (χ2v) is 6.53. The molecular formula is C21H16ClMgN3. The van der Waals surface area contributed by atoms with Crippen LogP contribution in [0.5, 0.6) is 0 Å². The Hall–Kier alpha value is -1.88. The second-order valence-electron chi connectivity index (χ2n) is 6.53. The van der Waals surface area contributed by atoms with Crippen LogP contribution in [0.1, 0.15) is 25.3 Å². The van der Waals surface area contributed by atoms with E-state index in [1.54, 1.807) is 6.20 Å². The zero-order valence-electron chi connectivity index (χ0n) is 14.7. The van der Waals surface area contributed by atoms with E-state index >= 15 is 0 Å². The molecule has 3 nitrogen and oxygen atoms in total. The van der Waals surface area contributed by atoms with Gasteiger partial charge in [-0.3, -0.25) is 9.97 Å². The molecule has 3 heterocycles. The second kappa shape index (κ2) is 7.03. The van der Waals surface area contributed by atoms with Crippen molar-refractivity contribution >= 4 is 61.4 Å². The number of fused-ring (bicyclic) bond motifs is 8. The van der Waals surface area contributed by atoms with Gasteiger partial charge in [-0.05, 0) is 29.0 Å². The Bertz CT molecular complexity index is 1240. The number of rotatable bonds is 1. The summed E-state index contributed by atoms with van der Waals surface area (Å²) in [6.07, 6.45) is 3.68. The van der Waals surface area contributed by atoms with Gasteiger partial charge in [-0.25, -0.2) is 0 Å². The van der Waals surface area contributed by atoms with Gasteiger partial charge < -0.3 is 16.8 Å². The van der Waals surface area contributed by atoms with Crippen LogP contribution in [0.3, 0.4) is 0 Å². The van der Waals surface area contributed by atoms with Gasteiger partial charge in [0.2, 0.25) is 0 Å². The maximum Gasteiger partial charge on any atom is 2.00 e. The normalized spacial score (nSPS) is 11.2. The molecule has 0 atom stereocenters. The third kappa shape index (κ3) is 2.64. The third-order valence-electron chi connectivity index (χ3n) is 4.75. The summed E-state index contributed by atoms with van der Waals surface area (Å²) in [5.41, 5.74) is 5.45. The molecule has 0 aliphatic heterocycles. The summed E-state index contributed by atoms with van der Waals surface area (Å²) in [7, 11) is 0. The van der Waals surface area contributed by atoms with E-state index in [9.17, 15) is 0 Å². The Balaban J connectivity index is 0.000000980. The molecule has 124 valence electrons. The zero-order valence-corrected chi connectivity index (χ0v) is 16.9. The van der Waals surface area contributed by atoms with Gasteiger partial charge >= 0.3 is 23.1 Å². The first-order valence-corrected chi connectivity index (χ1v) is 8.22. The molecule has 3 aromatic heterocycles. The Morgan fingerprint density at radius 2 is 1.88 bits per heavy atom.